The van der Waals surface area contributed by atoms with E-state index in [0.717, 1.165) is 12.3 Å². The quantitative estimate of drug-likeness (QED) is 0.366. The van der Waals surface area contributed by atoms with Crippen LogP contribution in [0.1, 0.15) is 43.6 Å². The van der Waals surface area contributed by atoms with E-state index < -0.39 is 23.3 Å². The Bertz CT molecular complexity index is 1520. The van der Waals surface area contributed by atoms with Crippen molar-refractivity contribution < 1.29 is 22.4 Å². The fourth-order valence-corrected chi connectivity index (χ4v) is 4.53. The third kappa shape index (κ3) is 4.70. The van der Waals surface area contributed by atoms with Gasteiger partial charge in [-0.15, -0.1) is 11.3 Å². The molecule has 0 bridgehead atoms. The molecule has 4 aromatic rings. The van der Waals surface area contributed by atoms with Crippen molar-refractivity contribution >= 4 is 17.2 Å². The molecule has 12 heteroatoms. The standard InChI is InChI=1S/C24H18F4N6OS/c1-12-21(14(3)34(33-12)17-7-18(24(26,27)28)20(8-29)30-10-17)15-4-5-16(19(25)6-15)9-31-23(35)22-13(2)32-11-36-22/h4-7,10-11H,9H2,1-3H3,(H,31,35). The summed E-state index contributed by atoms with van der Waals surface area (Å²) in [5.74, 6) is -0.902. The number of nitriles is 1. The number of pyridine rings is 1. The Morgan fingerprint density at radius 3 is 2.53 bits per heavy atom. The highest BCUT2D eigenvalue weighted by atomic mass is 32.1. The molecule has 1 aromatic carbocycles. The number of benzene rings is 1. The van der Waals surface area contributed by atoms with Gasteiger partial charge < -0.3 is 5.32 Å². The third-order valence-electron chi connectivity index (χ3n) is 5.55. The Morgan fingerprint density at radius 2 is 1.92 bits per heavy atom. The lowest BCUT2D eigenvalue weighted by molar-refractivity contribution is -0.138. The second-order valence-corrected chi connectivity index (χ2v) is 8.77. The summed E-state index contributed by atoms with van der Waals surface area (Å²) in [6.45, 7) is 4.98. The summed E-state index contributed by atoms with van der Waals surface area (Å²) in [7, 11) is 0. The molecule has 36 heavy (non-hydrogen) atoms. The Kier molecular flexibility index (Phi) is 6.60. The average Bonchev–Trinajstić information content (AvgIpc) is 3.39. The molecule has 0 saturated carbocycles. The highest BCUT2D eigenvalue weighted by Crippen LogP contribution is 2.34. The maximum atomic E-state index is 14.9. The number of carbonyl (C=O) groups is 1. The molecule has 0 aliphatic carbocycles. The summed E-state index contributed by atoms with van der Waals surface area (Å²) in [5, 5.41) is 16.0. The van der Waals surface area contributed by atoms with Crippen LogP contribution in [0.15, 0.2) is 36.0 Å². The van der Waals surface area contributed by atoms with E-state index in [0.29, 0.717) is 33.1 Å². The molecular weight excluding hydrogens is 496 g/mol. The van der Waals surface area contributed by atoms with Crippen molar-refractivity contribution in [2.45, 2.75) is 33.5 Å². The monoisotopic (exact) mass is 514 g/mol. The first-order valence-corrected chi connectivity index (χ1v) is 11.4. The average molecular weight is 515 g/mol. The first kappa shape index (κ1) is 25.0. The molecule has 3 aromatic heterocycles. The maximum Gasteiger partial charge on any atom is 0.419 e. The van der Waals surface area contributed by atoms with Crippen molar-refractivity contribution in [3.63, 3.8) is 0 Å². The first-order valence-electron chi connectivity index (χ1n) is 10.5. The highest BCUT2D eigenvalue weighted by molar-refractivity contribution is 7.11. The number of hydrogen-bond acceptors (Lipinski definition) is 6. The number of alkyl halides is 3. The minimum absolute atomic E-state index is 0.0198. The summed E-state index contributed by atoms with van der Waals surface area (Å²) in [6.07, 6.45) is -3.63. The molecule has 0 radical (unpaired) electrons. The van der Waals surface area contributed by atoms with Gasteiger partial charge >= 0.3 is 6.18 Å². The van der Waals surface area contributed by atoms with E-state index in [-0.39, 0.29) is 23.7 Å². The number of aromatic nitrogens is 4. The van der Waals surface area contributed by atoms with Crippen molar-refractivity contribution in [3.05, 3.63) is 80.6 Å². The molecule has 0 unspecified atom stereocenters. The zero-order valence-corrected chi connectivity index (χ0v) is 20.1. The minimum atomic E-state index is -4.76. The summed E-state index contributed by atoms with van der Waals surface area (Å²) >= 11 is 1.20. The van der Waals surface area contributed by atoms with Crippen LogP contribution in [0.2, 0.25) is 0 Å². The van der Waals surface area contributed by atoms with Gasteiger partial charge in [0, 0.05) is 23.4 Å². The Morgan fingerprint density at radius 1 is 1.17 bits per heavy atom. The van der Waals surface area contributed by atoms with Gasteiger partial charge in [-0.2, -0.15) is 23.5 Å². The van der Waals surface area contributed by atoms with E-state index in [9.17, 15) is 22.4 Å². The van der Waals surface area contributed by atoms with Gasteiger partial charge in [0.05, 0.1) is 34.3 Å². The van der Waals surface area contributed by atoms with Gasteiger partial charge in [0.15, 0.2) is 5.69 Å². The molecule has 0 aliphatic heterocycles. The molecule has 0 aliphatic rings. The Hall–Kier alpha value is -4.11. The number of hydrogen-bond donors (Lipinski definition) is 1. The van der Waals surface area contributed by atoms with Gasteiger partial charge in [0.2, 0.25) is 0 Å². The Balaban J connectivity index is 1.63. The summed E-state index contributed by atoms with van der Waals surface area (Å²) in [5.41, 5.74) is 2.49. The van der Waals surface area contributed by atoms with E-state index in [4.69, 9.17) is 5.26 Å². The number of rotatable bonds is 5. The molecule has 3 heterocycles. The molecule has 184 valence electrons. The van der Waals surface area contributed by atoms with E-state index in [1.54, 1.807) is 32.3 Å². The largest absolute Gasteiger partial charge is 0.419 e. The van der Waals surface area contributed by atoms with Crippen LogP contribution in [-0.4, -0.2) is 25.7 Å². The zero-order valence-electron chi connectivity index (χ0n) is 19.2. The van der Waals surface area contributed by atoms with E-state index in [1.807, 2.05) is 0 Å². The normalized spacial score (nSPS) is 11.4. The van der Waals surface area contributed by atoms with Gasteiger partial charge in [-0.3, -0.25) is 4.79 Å². The summed E-state index contributed by atoms with van der Waals surface area (Å²) in [6, 6.07) is 6.74. The molecule has 0 fully saturated rings. The molecular formula is C24H18F4N6OS. The molecule has 7 nitrogen and oxygen atoms in total. The van der Waals surface area contributed by atoms with Crippen molar-refractivity contribution in [1.82, 2.24) is 25.1 Å². The second-order valence-electron chi connectivity index (χ2n) is 7.91. The van der Waals surface area contributed by atoms with Gasteiger partial charge in [0.1, 0.15) is 16.8 Å². The van der Waals surface area contributed by atoms with E-state index in [2.05, 4.69) is 20.4 Å². The molecule has 1 amide bonds. The molecule has 1 N–H and O–H groups in total. The number of aryl methyl sites for hydroxylation is 2. The number of nitrogens with zero attached hydrogens (tertiary/aromatic N) is 5. The maximum absolute atomic E-state index is 14.9. The van der Waals surface area contributed by atoms with E-state index in [1.165, 1.54) is 34.2 Å². The third-order valence-corrected chi connectivity index (χ3v) is 6.48. The van der Waals surface area contributed by atoms with Gasteiger partial charge in [-0.25, -0.2) is 19.0 Å². The van der Waals surface area contributed by atoms with Crippen molar-refractivity contribution in [2.75, 3.05) is 0 Å². The smallest absolute Gasteiger partial charge is 0.347 e. The number of halogens is 4. The number of thiazole rings is 1. The lowest BCUT2D eigenvalue weighted by atomic mass is 10.0. The summed E-state index contributed by atoms with van der Waals surface area (Å²) in [4.78, 5) is 20.4. The van der Waals surface area contributed by atoms with Crippen LogP contribution >= 0.6 is 11.3 Å². The number of nitrogens with one attached hydrogen (secondary N) is 1. The second kappa shape index (κ2) is 9.50. The molecule has 0 spiro atoms. The van der Waals surface area contributed by atoms with Gasteiger partial charge in [-0.05, 0) is 38.5 Å². The predicted octanol–water partition coefficient (Wildman–Crippen LogP) is 5.28. The molecule has 0 atom stereocenters. The Labute approximate surface area is 207 Å². The van der Waals surface area contributed by atoms with Crippen LogP contribution < -0.4 is 5.32 Å². The van der Waals surface area contributed by atoms with Gasteiger partial charge in [0.25, 0.3) is 5.91 Å². The molecule has 0 saturated heterocycles. The SMILES string of the molecule is Cc1ncsc1C(=O)NCc1ccc(-c2c(C)nn(-c3cnc(C#N)c(C(F)(F)F)c3)c2C)cc1F. The highest BCUT2D eigenvalue weighted by Gasteiger charge is 2.35. The molecule has 4 rings (SSSR count). The van der Waals surface area contributed by atoms with Crippen LogP contribution in [0, 0.1) is 37.9 Å². The summed E-state index contributed by atoms with van der Waals surface area (Å²) < 4.78 is 56.3. The van der Waals surface area contributed by atoms with Crippen molar-refractivity contribution in [2.24, 2.45) is 0 Å². The fraction of sp³-hybridized carbons (Fsp3) is 0.208. The lowest BCUT2D eigenvalue weighted by Crippen LogP contribution is -2.23. The topological polar surface area (TPSA) is 96.5 Å². The van der Waals surface area contributed by atoms with Crippen molar-refractivity contribution in [3.8, 4) is 22.9 Å². The fourth-order valence-electron chi connectivity index (χ4n) is 3.81. The lowest BCUT2D eigenvalue weighted by Gasteiger charge is -2.11. The number of carbonyl (C=O) groups excluding carboxylic acids is 1. The van der Waals surface area contributed by atoms with E-state index >= 15 is 0 Å². The predicted molar refractivity (Wildman–Crippen MR) is 124 cm³/mol. The first-order chi connectivity index (χ1) is 17.0. The van der Waals surface area contributed by atoms with Crippen LogP contribution in [-0.2, 0) is 12.7 Å². The minimum Gasteiger partial charge on any atom is -0.347 e. The number of amides is 1. The van der Waals surface area contributed by atoms with Crippen LogP contribution in [0.4, 0.5) is 17.6 Å². The van der Waals surface area contributed by atoms with Crippen LogP contribution in [0.25, 0.3) is 16.8 Å². The van der Waals surface area contributed by atoms with Crippen LogP contribution in [0.5, 0.6) is 0 Å². The zero-order chi connectivity index (χ0) is 26.2. The van der Waals surface area contributed by atoms with Crippen LogP contribution in [0.3, 0.4) is 0 Å². The van der Waals surface area contributed by atoms with Gasteiger partial charge in [-0.1, -0.05) is 12.1 Å². The van der Waals surface area contributed by atoms with Crippen molar-refractivity contribution in [1.29, 1.82) is 5.26 Å².